The maximum Gasteiger partial charge on any atom is 0.179 e. The lowest BCUT2D eigenvalue weighted by Gasteiger charge is -2.08. The van der Waals surface area contributed by atoms with Gasteiger partial charge in [0.25, 0.3) is 0 Å². The lowest BCUT2D eigenvalue weighted by atomic mass is 10.0. The third kappa shape index (κ3) is 4.25. The summed E-state index contributed by atoms with van der Waals surface area (Å²) in [5.74, 6) is -0.104. The number of benzene rings is 3. The second-order valence-corrected chi connectivity index (χ2v) is 7.11. The Morgan fingerprint density at radius 1 is 0.967 bits per heavy atom. The van der Waals surface area contributed by atoms with Crippen molar-refractivity contribution in [2.24, 2.45) is 0 Å². The Balaban J connectivity index is 1.64. The first-order chi connectivity index (χ1) is 14.5. The quantitative estimate of drug-likeness (QED) is 0.365. The van der Waals surface area contributed by atoms with E-state index < -0.39 is 0 Å². The van der Waals surface area contributed by atoms with Gasteiger partial charge in [-0.1, -0.05) is 24.3 Å². The first-order valence-corrected chi connectivity index (χ1v) is 9.86. The molecule has 0 saturated carbocycles. The summed E-state index contributed by atoms with van der Waals surface area (Å²) in [4.78, 5) is 15.9. The van der Waals surface area contributed by atoms with Crippen molar-refractivity contribution >= 4 is 16.7 Å². The van der Waals surface area contributed by atoms with Gasteiger partial charge in [0.15, 0.2) is 5.78 Å². The number of aryl methyl sites for hydroxylation is 1. The highest BCUT2D eigenvalue weighted by Gasteiger charge is 2.15. The van der Waals surface area contributed by atoms with E-state index in [0.29, 0.717) is 40.9 Å². The third-order valence-electron chi connectivity index (χ3n) is 4.98. The summed E-state index contributed by atoms with van der Waals surface area (Å²) >= 11 is 0. The zero-order valence-corrected chi connectivity index (χ0v) is 16.5. The van der Waals surface area contributed by atoms with Gasteiger partial charge in [-0.2, -0.15) is 0 Å². The molecule has 1 heterocycles. The lowest BCUT2D eigenvalue weighted by molar-refractivity contribution is 0.0979. The minimum Gasteiger partial charge on any atom is -0.494 e. The Hall–Kier alpha value is -3.47. The van der Waals surface area contributed by atoms with Crippen LogP contribution in [0.2, 0.25) is 0 Å². The summed E-state index contributed by atoms with van der Waals surface area (Å²) in [6.45, 7) is 2.44. The van der Waals surface area contributed by atoms with Crippen molar-refractivity contribution < 1.29 is 18.3 Å². The standard InChI is InChI=1S/C25H21F2NO2/c1-2-30-21-8-4-6-17(13-21)22-15-20(27)12-18-14-23(28-25(18)22)24(29)10-9-16-5-3-7-19(26)11-16/h3-8,11-15,28H,2,9-10H2,1H3. The van der Waals surface area contributed by atoms with Crippen molar-refractivity contribution in [1.82, 2.24) is 4.98 Å². The number of nitrogens with one attached hydrogen (secondary N) is 1. The van der Waals surface area contributed by atoms with Gasteiger partial charge in [0.05, 0.1) is 17.8 Å². The lowest BCUT2D eigenvalue weighted by Crippen LogP contribution is -2.01. The van der Waals surface area contributed by atoms with Gasteiger partial charge in [-0.3, -0.25) is 4.79 Å². The zero-order chi connectivity index (χ0) is 21.1. The van der Waals surface area contributed by atoms with E-state index in [1.807, 2.05) is 31.2 Å². The molecule has 152 valence electrons. The normalized spacial score (nSPS) is 11.0. The number of H-pyrrole nitrogens is 1. The number of carbonyl (C=O) groups is 1. The molecule has 0 unspecified atom stereocenters. The predicted molar refractivity (Wildman–Crippen MR) is 114 cm³/mol. The van der Waals surface area contributed by atoms with Crippen LogP contribution < -0.4 is 4.74 Å². The number of aromatic amines is 1. The van der Waals surface area contributed by atoms with E-state index in [1.165, 1.54) is 24.3 Å². The van der Waals surface area contributed by atoms with Gasteiger partial charge < -0.3 is 9.72 Å². The predicted octanol–water partition coefficient (Wildman–Crippen LogP) is 6.33. The van der Waals surface area contributed by atoms with Gasteiger partial charge >= 0.3 is 0 Å². The highest BCUT2D eigenvalue weighted by atomic mass is 19.1. The zero-order valence-electron chi connectivity index (χ0n) is 16.5. The molecule has 0 aliphatic carbocycles. The second kappa shape index (κ2) is 8.49. The smallest absolute Gasteiger partial charge is 0.179 e. The number of ketones is 1. The van der Waals surface area contributed by atoms with E-state index in [9.17, 15) is 13.6 Å². The Labute approximate surface area is 173 Å². The number of aromatic nitrogens is 1. The van der Waals surface area contributed by atoms with E-state index in [0.717, 1.165) is 11.1 Å². The molecule has 4 rings (SSSR count). The van der Waals surface area contributed by atoms with Gasteiger partial charge in [-0.05, 0) is 66.9 Å². The molecule has 0 radical (unpaired) electrons. The molecule has 0 saturated heterocycles. The van der Waals surface area contributed by atoms with Gasteiger partial charge in [0.2, 0.25) is 0 Å². The van der Waals surface area contributed by atoms with Gasteiger partial charge in [-0.25, -0.2) is 8.78 Å². The molecule has 0 fully saturated rings. The van der Waals surface area contributed by atoms with Crippen LogP contribution in [0.5, 0.6) is 5.75 Å². The highest BCUT2D eigenvalue weighted by molar-refractivity contribution is 6.03. The highest BCUT2D eigenvalue weighted by Crippen LogP contribution is 2.32. The number of rotatable bonds is 7. The summed E-state index contributed by atoms with van der Waals surface area (Å²) in [6, 6.07) is 18.2. The minimum atomic E-state index is -0.378. The molecule has 0 aliphatic rings. The van der Waals surface area contributed by atoms with Crippen LogP contribution in [0.15, 0.2) is 66.7 Å². The molecule has 4 aromatic rings. The van der Waals surface area contributed by atoms with E-state index in [-0.39, 0.29) is 23.8 Å². The number of Topliss-reactive ketones (excluding diaryl/α,β-unsaturated/α-hetero) is 1. The molecular weight excluding hydrogens is 384 g/mol. The maximum atomic E-state index is 14.3. The van der Waals surface area contributed by atoms with Crippen LogP contribution in [0.1, 0.15) is 29.4 Å². The van der Waals surface area contributed by atoms with Crippen LogP contribution in [0, 0.1) is 11.6 Å². The van der Waals surface area contributed by atoms with Gasteiger partial charge in [0.1, 0.15) is 17.4 Å². The van der Waals surface area contributed by atoms with E-state index in [1.54, 1.807) is 18.2 Å². The fourth-order valence-corrected chi connectivity index (χ4v) is 3.59. The molecule has 0 atom stereocenters. The molecule has 5 heteroatoms. The molecule has 0 aliphatic heterocycles. The Morgan fingerprint density at radius 2 is 1.80 bits per heavy atom. The molecule has 30 heavy (non-hydrogen) atoms. The number of ether oxygens (including phenoxy) is 1. The number of halogens is 2. The average Bonchev–Trinajstić information content (AvgIpc) is 3.16. The fraction of sp³-hybridized carbons (Fsp3) is 0.160. The Morgan fingerprint density at radius 3 is 2.60 bits per heavy atom. The first kappa shape index (κ1) is 19.8. The average molecular weight is 405 g/mol. The van der Waals surface area contributed by atoms with Crippen molar-refractivity contribution in [1.29, 1.82) is 0 Å². The summed E-state index contributed by atoms with van der Waals surface area (Å²) in [5.41, 5.74) is 3.33. The largest absolute Gasteiger partial charge is 0.494 e. The molecule has 0 amide bonds. The summed E-state index contributed by atoms with van der Waals surface area (Å²) in [5, 5.41) is 0.626. The Bertz CT molecular complexity index is 1210. The maximum absolute atomic E-state index is 14.3. The summed E-state index contributed by atoms with van der Waals surface area (Å²) in [7, 11) is 0. The van der Waals surface area contributed by atoms with Crippen LogP contribution in [-0.4, -0.2) is 17.4 Å². The topological polar surface area (TPSA) is 42.1 Å². The third-order valence-corrected chi connectivity index (χ3v) is 4.98. The van der Waals surface area contributed by atoms with Crippen LogP contribution in [0.4, 0.5) is 8.78 Å². The second-order valence-electron chi connectivity index (χ2n) is 7.11. The Kier molecular flexibility index (Phi) is 5.61. The van der Waals surface area contributed by atoms with Crippen molar-refractivity contribution in [2.75, 3.05) is 6.61 Å². The van der Waals surface area contributed by atoms with Crippen molar-refractivity contribution in [2.45, 2.75) is 19.8 Å². The number of hydrogen-bond acceptors (Lipinski definition) is 2. The first-order valence-electron chi connectivity index (χ1n) is 9.86. The van der Waals surface area contributed by atoms with E-state index in [2.05, 4.69) is 4.98 Å². The molecule has 3 aromatic carbocycles. The van der Waals surface area contributed by atoms with Crippen LogP contribution in [0.3, 0.4) is 0 Å². The van der Waals surface area contributed by atoms with Crippen molar-refractivity contribution in [3.05, 3.63) is 89.6 Å². The van der Waals surface area contributed by atoms with E-state index in [4.69, 9.17) is 4.74 Å². The molecule has 1 aromatic heterocycles. The van der Waals surface area contributed by atoms with Gasteiger partial charge in [0, 0.05) is 17.4 Å². The summed E-state index contributed by atoms with van der Waals surface area (Å²) in [6.07, 6.45) is 0.664. The monoisotopic (exact) mass is 405 g/mol. The number of fused-ring (bicyclic) bond motifs is 1. The van der Waals surface area contributed by atoms with Crippen molar-refractivity contribution in [3.8, 4) is 16.9 Å². The fourth-order valence-electron chi connectivity index (χ4n) is 3.59. The summed E-state index contributed by atoms with van der Waals surface area (Å²) < 4.78 is 33.2. The van der Waals surface area contributed by atoms with Crippen molar-refractivity contribution in [3.63, 3.8) is 0 Å². The number of carbonyl (C=O) groups excluding carboxylic acids is 1. The van der Waals surface area contributed by atoms with E-state index >= 15 is 0 Å². The molecule has 0 spiro atoms. The molecule has 3 nitrogen and oxygen atoms in total. The SMILES string of the molecule is CCOc1cccc(-c2cc(F)cc3cc(C(=O)CCc4cccc(F)c4)[nH]c23)c1. The minimum absolute atomic E-state index is 0.107. The van der Waals surface area contributed by atoms with Crippen LogP contribution in [0.25, 0.3) is 22.0 Å². The molecular formula is C25H21F2NO2. The molecule has 1 N–H and O–H groups in total. The molecule has 0 bridgehead atoms. The number of hydrogen-bond donors (Lipinski definition) is 1. The van der Waals surface area contributed by atoms with Gasteiger partial charge in [-0.15, -0.1) is 0 Å². The van der Waals surface area contributed by atoms with Crippen LogP contribution >= 0.6 is 0 Å². The van der Waals surface area contributed by atoms with Crippen LogP contribution in [-0.2, 0) is 6.42 Å².